The van der Waals surface area contributed by atoms with Crippen LogP contribution in [-0.2, 0) is 12.4 Å². The average Bonchev–Trinajstić information content (AvgIpc) is 2.60. The average molecular weight is 562 g/mol. The first-order valence-electron chi connectivity index (χ1n) is 8.31. The van der Waals surface area contributed by atoms with E-state index in [9.17, 15) is 8.42 Å². The Balaban J connectivity index is 2.07. The monoisotopic (exact) mass is 562 g/mol. The molecule has 0 unspecified atom stereocenters. The first kappa shape index (κ1) is 19.2. The van der Waals surface area contributed by atoms with Gasteiger partial charge in [-0.05, 0) is 0 Å². The van der Waals surface area contributed by atoms with E-state index >= 15 is 0 Å². The maximum atomic E-state index is 13.2. The van der Waals surface area contributed by atoms with Crippen molar-refractivity contribution >= 4 is 38.9 Å². The van der Waals surface area contributed by atoms with Crippen LogP contribution in [0, 0.1) is 20.8 Å². The Kier molecular flexibility index (Phi) is 5.91. The van der Waals surface area contributed by atoms with Gasteiger partial charge < -0.3 is 0 Å². The van der Waals surface area contributed by atoms with Gasteiger partial charge >= 0.3 is 165 Å². The number of aryl methyl sites for hydroxylation is 3. The van der Waals surface area contributed by atoms with Crippen LogP contribution in [0.2, 0.25) is 0 Å². The Labute approximate surface area is 164 Å². The summed E-state index contributed by atoms with van der Waals surface area (Å²) in [6, 6.07) is 23.2. The summed E-state index contributed by atoms with van der Waals surface area (Å²) in [6.07, 6.45) is 0. The van der Waals surface area contributed by atoms with Crippen molar-refractivity contribution in [1.29, 1.82) is 0 Å². The number of hydrogen-bond donors (Lipinski definition) is 0. The molecule has 5 heteroatoms. The van der Waals surface area contributed by atoms with Crippen molar-refractivity contribution < 1.29 is 10.7 Å². The summed E-state index contributed by atoms with van der Waals surface area (Å²) in [6.45, 7) is 5.61. The van der Waals surface area contributed by atoms with Crippen LogP contribution in [-0.4, -0.2) is 30.6 Å². The van der Waals surface area contributed by atoms with Crippen LogP contribution in [0.25, 0.3) is 0 Å². The second kappa shape index (κ2) is 8.00. The van der Waals surface area contributed by atoms with Gasteiger partial charge in [-0.2, -0.15) is 0 Å². The zero-order valence-electron chi connectivity index (χ0n) is 15.0. The molecule has 0 amide bonds. The zero-order chi connectivity index (χ0) is 18.7. The van der Waals surface area contributed by atoms with E-state index in [4.69, 9.17) is 2.26 Å². The van der Waals surface area contributed by atoms with Crippen molar-refractivity contribution in [3.05, 3.63) is 89.5 Å². The van der Waals surface area contributed by atoms with Crippen LogP contribution in [0.15, 0.2) is 77.7 Å². The SMILES string of the molecule is Cc1cc(C)c(S(=O)(=O)[O][Bi]([c]2ccccc2)[c]2ccccc2)c(C)c1. The van der Waals surface area contributed by atoms with Gasteiger partial charge in [0.2, 0.25) is 0 Å². The fraction of sp³-hybridized carbons (Fsp3) is 0.143. The van der Waals surface area contributed by atoms with E-state index in [0.717, 1.165) is 23.2 Å². The van der Waals surface area contributed by atoms with Crippen LogP contribution < -0.4 is 6.54 Å². The molecule has 0 saturated heterocycles. The Morgan fingerprint density at radius 1 is 0.731 bits per heavy atom. The third kappa shape index (κ3) is 4.23. The third-order valence-corrected chi connectivity index (χ3v) is 15.5. The van der Waals surface area contributed by atoms with Crippen LogP contribution in [0.5, 0.6) is 0 Å². The summed E-state index contributed by atoms with van der Waals surface area (Å²) in [5, 5.41) is 0. The molecule has 0 fully saturated rings. The van der Waals surface area contributed by atoms with Gasteiger partial charge in [0.25, 0.3) is 0 Å². The minimum absolute atomic E-state index is 0.301. The van der Waals surface area contributed by atoms with Crippen molar-refractivity contribution in [2.75, 3.05) is 0 Å². The molecule has 0 saturated carbocycles. The second-order valence-corrected chi connectivity index (χ2v) is 15.7. The first-order chi connectivity index (χ1) is 12.4. The third-order valence-electron chi connectivity index (χ3n) is 4.01. The van der Waals surface area contributed by atoms with Crippen LogP contribution >= 0.6 is 0 Å². The van der Waals surface area contributed by atoms with E-state index in [-0.39, 0.29) is 0 Å². The molecule has 0 N–H and O–H groups in total. The summed E-state index contributed by atoms with van der Waals surface area (Å²) >= 11 is -3.18. The molecule has 3 aromatic rings. The summed E-state index contributed by atoms with van der Waals surface area (Å²) in [5.41, 5.74) is 2.50. The summed E-state index contributed by atoms with van der Waals surface area (Å²) in [5.74, 6) is 0. The van der Waals surface area contributed by atoms with E-state index in [1.54, 1.807) is 0 Å². The van der Waals surface area contributed by atoms with Crippen LogP contribution in [0.4, 0.5) is 0 Å². The first-order valence-corrected chi connectivity index (χ1v) is 14.6. The molecule has 3 aromatic carbocycles. The van der Waals surface area contributed by atoms with Gasteiger partial charge in [-0.3, -0.25) is 0 Å². The van der Waals surface area contributed by atoms with E-state index in [2.05, 4.69) is 0 Å². The van der Waals surface area contributed by atoms with Crippen LogP contribution in [0.3, 0.4) is 0 Å². The molecule has 0 bridgehead atoms. The molecule has 3 rings (SSSR count). The van der Waals surface area contributed by atoms with Crippen molar-refractivity contribution in [2.24, 2.45) is 0 Å². The van der Waals surface area contributed by atoms with Gasteiger partial charge in [0.1, 0.15) is 0 Å². The Morgan fingerprint density at radius 2 is 1.15 bits per heavy atom. The summed E-state index contributed by atoms with van der Waals surface area (Å²) in [7, 11) is -3.84. The predicted octanol–water partition coefficient (Wildman–Crippen LogP) is 3.12. The molecule has 0 atom stereocenters. The summed E-state index contributed by atoms with van der Waals surface area (Å²) < 4.78 is 34.3. The zero-order valence-corrected chi connectivity index (χ0v) is 19.3. The van der Waals surface area contributed by atoms with Gasteiger partial charge in [0, 0.05) is 0 Å². The number of rotatable bonds is 5. The molecule has 0 aliphatic rings. The van der Waals surface area contributed by atoms with Crippen molar-refractivity contribution in [3.63, 3.8) is 0 Å². The standard InChI is InChI=1S/C9H12O3S.2C6H5.Bi/c1-6-4-7(2)9(8(3)5-6)13(10,11)12;2*1-2-4-6-5-3-1;/h4-5H,1-3H3,(H,10,11,12);2*1-5H;/q;;;+1/p-1. The Hall–Kier alpha value is -1.55. The molecule has 26 heavy (non-hydrogen) atoms. The van der Waals surface area contributed by atoms with Gasteiger partial charge in [-0.25, -0.2) is 0 Å². The minimum atomic E-state index is -3.84. The van der Waals surface area contributed by atoms with Gasteiger partial charge in [0.15, 0.2) is 0 Å². The maximum absolute atomic E-state index is 13.2. The van der Waals surface area contributed by atoms with E-state index < -0.39 is 32.3 Å². The fourth-order valence-electron chi connectivity index (χ4n) is 3.06. The molecule has 134 valence electrons. The Morgan fingerprint density at radius 3 is 1.58 bits per heavy atom. The van der Waals surface area contributed by atoms with Gasteiger partial charge in [-0.1, -0.05) is 0 Å². The topological polar surface area (TPSA) is 43.4 Å². The molecular weight excluding hydrogens is 541 g/mol. The number of benzene rings is 3. The fourth-order valence-corrected chi connectivity index (χ4v) is 14.2. The predicted molar refractivity (Wildman–Crippen MR) is 107 cm³/mol. The molecule has 0 radical (unpaired) electrons. The molecule has 0 aliphatic heterocycles. The number of hydrogen-bond acceptors (Lipinski definition) is 3. The molecule has 0 heterocycles. The van der Waals surface area contributed by atoms with Gasteiger partial charge in [-0.15, -0.1) is 0 Å². The van der Waals surface area contributed by atoms with Gasteiger partial charge in [0.05, 0.1) is 0 Å². The summed E-state index contributed by atoms with van der Waals surface area (Å²) in [4.78, 5) is 0.301. The van der Waals surface area contributed by atoms with Crippen molar-refractivity contribution in [3.8, 4) is 0 Å². The molecular formula is C21H21BiO3S. The molecule has 3 nitrogen and oxygen atoms in total. The normalized spacial score (nSPS) is 11.7. The quantitative estimate of drug-likeness (QED) is 0.449. The van der Waals surface area contributed by atoms with E-state index in [0.29, 0.717) is 4.90 Å². The Bertz CT molecular complexity index is 937. The molecule has 0 aromatic heterocycles. The van der Waals surface area contributed by atoms with E-state index in [1.165, 1.54) is 0 Å². The molecule has 0 spiro atoms. The van der Waals surface area contributed by atoms with E-state index in [1.807, 2.05) is 93.6 Å². The second-order valence-electron chi connectivity index (χ2n) is 6.22. The molecule has 0 aliphatic carbocycles. The van der Waals surface area contributed by atoms with Crippen molar-refractivity contribution in [1.82, 2.24) is 0 Å². The van der Waals surface area contributed by atoms with Crippen LogP contribution in [0.1, 0.15) is 16.7 Å². The van der Waals surface area contributed by atoms with Crippen molar-refractivity contribution in [2.45, 2.75) is 25.7 Å².